The lowest BCUT2D eigenvalue weighted by Gasteiger charge is -2.15. The van der Waals surface area contributed by atoms with Gasteiger partial charge in [0, 0.05) is 11.2 Å². The Morgan fingerprint density at radius 1 is 1.10 bits per heavy atom. The maximum Gasteiger partial charge on any atom is 0.266 e. The number of nitrogens with one attached hydrogen (secondary N) is 1. The Balaban J connectivity index is 1.65. The Hall–Kier alpha value is -3.16. The molecule has 0 bridgehead atoms. The number of aromatic nitrogens is 3. The third-order valence-electron chi connectivity index (χ3n) is 4.75. The molecule has 0 aliphatic heterocycles. The highest BCUT2D eigenvalue weighted by molar-refractivity contribution is 7.99. The SMILES string of the molecule is Cc1c(Cl)cccc1-n1c(SCC(=O)NCc2ccccn2)nc2ccccc2c1=O. The largest absolute Gasteiger partial charge is 0.350 e. The predicted octanol–water partition coefficient (Wildman–Crippen LogP) is 4.15. The van der Waals surface area contributed by atoms with E-state index in [1.807, 2.05) is 37.3 Å². The third kappa shape index (κ3) is 4.62. The molecule has 2 heterocycles. The van der Waals surface area contributed by atoms with Crippen LogP contribution in [0.15, 0.2) is 76.8 Å². The van der Waals surface area contributed by atoms with Gasteiger partial charge in [-0.3, -0.25) is 19.1 Å². The zero-order chi connectivity index (χ0) is 21.8. The molecule has 0 spiro atoms. The summed E-state index contributed by atoms with van der Waals surface area (Å²) in [5.74, 6) is -0.0653. The van der Waals surface area contributed by atoms with E-state index in [4.69, 9.17) is 11.6 Å². The number of carbonyl (C=O) groups excluding carboxylic acids is 1. The molecular weight excluding hydrogens is 432 g/mol. The molecular formula is C23H19ClN4O2S. The molecule has 2 aromatic carbocycles. The molecule has 0 atom stereocenters. The third-order valence-corrected chi connectivity index (χ3v) is 6.10. The fourth-order valence-electron chi connectivity index (χ4n) is 3.13. The Morgan fingerprint density at radius 3 is 2.71 bits per heavy atom. The molecule has 6 nitrogen and oxygen atoms in total. The molecule has 4 rings (SSSR count). The van der Waals surface area contributed by atoms with E-state index in [1.54, 1.807) is 36.5 Å². The second-order valence-electron chi connectivity index (χ2n) is 6.82. The number of carbonyl (C=O) groups is 1. The smallest absolute Gasteiger partial charge is 0.266 e. The number of thioether (sulfide) groups is 1. The molecule has 1 amide bonds. The normalized spacial score (nSPS) is 10.9. The monoisotopic (exact) mass is 450 g/mol. The summed E-state index contributed by atoms with van der Waals surface area (Å²) in [6.45, 7) is 2.19. The van der Waals surface area contributed by atoms with Crippen molar-refractivity contribution in [3.63, 3.8) is 0 Å². The lowest BCUT2D eigenvalue weighted by atomic mass is 10.2. The summed E-state index contributed by atoms with van der Waals surface area (Å²) in [7, 11) is 0. The van der Waals surface area contributed by atoms with E-state index in [2.05, 4.69) is 15.3 Å². The average Bonchev–Trinajstić information content (AvgIpc) is 2.79. The minimum Gasteiger partial charge on any atom is -0.350 e. The summed E-state index contributed by atoms with van der Waals surface area (Å²) in [5, 5.41) is 4.34. The topological polar surface area (TPSA) is 76.9 Å². The van der Waals surface area contributed by atoms with E-state index >= 15 is 0 Å². The van der Waals surface area contributed by atoms with Crippen molar-refractivity contribution in [2.75, 3.05) is 5.75 Å². The Bertz CT molecular complexity index is 1310. The van der Waals surface area contributed by atoms with Crippen LogP contribution in [0.5, 0.6) is 0 Å². The van der Waals surface area contributed by atoms with Crippen molar-refractivity contribution in [3.05, 3.63) is 93.5 Å². The quantitative estimate of drug-likeness (QED) is 0.352. The van der Waals surface area contributed by atoms with Crippen molar-refractivity contribution in [1.82, 2.24) is 19.9 Å². The van der Waals surface area contributed by atoms with E-state index < -0.39 is 0 Å². The summed E-state index contributed by atoms with van der Waals surface area (Å²) in [6.07, 6.45) is 1.68. The summed E-state index contributed by atoms with van der Waals surface area (Å²) < 4.78 is 1.53. The van der Waals surface area contributed by atoms with Crippen LogP contribution in [0, 0.1) is 6.92 Å². The van der Waals surface area contributed by atoms with Crippen LogP contribution in [0.4, 0.5) is 0 Å². The van der Waals surface area contributed by atoms with Crippen LogP contribution >= 0.6 is 23.4 Å². The Morgan fingerprint density at radius 2 is 1.90 bits per heavy atom. The lowest BCUT2D eigenvalue weighted by molar-refractivity contribution is -0.118. The van der Waals surface area contributed by atoms with Crippen LogP contribution in [0.3, 0.4) is 0 Å². The number of pyridine rings is 1. The average molecular weight is 451 g/mol. The first-order valence-electron chi connectivity index (χ1n) is 9.61. The first kappa shape index (κ1) is 21.1. The van der Waals surface area contributed by atoms with E-state index in [9.17, 15) is 9.59 Å². The van der Waals surface area contributed by atoms with Crippen LogP contribution in [-0.2, 0) is 11.3 Å². The maximum atomic E-state index is 13.3. The Labute approximate surface area is 188 Å². The number of halogens is 1. The van der Waals surface area contributed by atoms with Crippen molar-refractivity contribution in [2.24, 2.45) is 0 Å². The molecule has 0 saturated heterocycles. The summed E-state index contributed by atoms with van der Waals surface area (Å²) in [4.78, 5) is 34.6. The Kier molecular flexibility index (Phi) is 6.34. The second kappa shape index (κ2) is 9.32. The van der Waals surface area contributed by atoms with Crippen molar-refractivity contribution in [3.8, 4) is 5.69 Å². The van der Waals surface area contributed by atoms with E-state index in [0.29, 0.717) is 33.3 Å². The highest BCUT2D eigenvalue weighted by atomic mass is 35.5. The standard InChI is InChI=1S/C23H19ClN4O2S/c1-15-18(24)9-6-11-20(15)28-22(30)17-8-2-3-10-19(17)27-23(28)31-14-21(29)26-13-16-7-4-5-12-25-16/h2-12H,13-14H2,1H3,(H,26,29). The highest BCUT2D eigenvalue weighted by Crippen LogP contribution is 2.26. The highest BCUT2D eigenvalue weighted by Gasteiger charge is 2.17. The molecule has 0 aliphatic carbocycles. The van der Waals surface area contributed by atoms with Gasteiger partial charge in [-0.05, 0) is 48.9 Å². The molecule has 8 heteroatoms. The molecule has 0 fully saturated rings. The van der Waals surface area contributed by atoms with Crippen LogP contribution < -0.4 is 10.9 Å². The second-order valence-corrected chi connectivity index (χ2v) is 8.17. The minimum atomic E-state index is -0.202. The van der Waals surface area contributed by atoms with Gasteiger partial charge in [0.2, 0.25) is 5.91 Å². The van der Waals surface area contributed by atoms with E-state index in [1.165, 1.54) is 16.3 Å². The first-order valence-corrected chi connectivity index (χ1v) is 11.0. The molecule has 0 radical (unpaired) electrons. The van der Waals surface area contributed by atoms with Crippen molar-refractivity contribution >= 4 is 40.2 Å². The number of hydrogen-bond acceptors (Lipinski definition) is 5. The van der Waals surface area contributed by atoms with Gasteiger partial charge >= 0.3 is 0 Å². The van der Waals surface area contributed by atoms with E-state index in [0.717, 1.165) is 11.3 Å². The van der Waals surface area contributed by atoms with Gasteiger partial charge in [-0.25, -0.2) is 4.98 Å². The van der Waals surface area contributed by atoms with Crippen molar-refractivity contribution in [2.45, 2.75) is 18.6 Å². The molecule has 4 aromatic rings. The van der Waals surface area contributed by atoms with Crippen LogP contribution in [0.25, 0.3) is 16.6 Å². The van der Waals surface area contributed by atoms with Gasteiger partial charge in [0.1, 0.15) is 0 Å². The fourth-order valence-corrected chi connectivity index (χ4v) is 4.14. The number of amides is 1. The molecule has 2 aromatic heterocycles. The lowest BCUT2D eigenvalue weighted by Crippen LogP contribution is -2.26. The number of benzene rings is 2. The summed E-state index contributed by atoms with van der Waals surface area (Å²) >= 11 is 7.51. The molecule has 1 N–H and O–H groups in total. The van der Waals surface area contributed by atoms with Gasteiger partial charge in [-0.2, -0.15) is 0 Å². The zero-order valence-electron chi connectivity index (χ0n) is 16.7. The van der Waals surface area contributed by atoms with Gasteiger partial charge in [0.05, 0.1) is 34.6 Å². The first-order chi connectivity index (χ1) is 15.0. The molecule has 0 unspecified atom stereocenters. The number of para-hydroxylation sites is 1. The van der Waals surface area contributed by atoms with Crippen LogP contribution in [0.2, 0.25) is 5.02 Å². The number of hydrogen-bond donors (Lipinski definition) is 1. The van der Waals surface area contributed by atoms with E-state index in [-0.39, 0.29) is 17.2 Å². The van der Waals surface area contributed by atoms with Gasteiger partial charge in [0.15, 0.2) is 5.16 Å². The van der Waals surface area contributed by atoms with Gasteiger partial charge in [0.25, 0.3) is 5.56 Å². The molecule has 0 aliphatic rings. The zero-order valence-corrected chi connectivity index (χ0v) is 18.3. The van der Waals surface area contributed by atoms with Crippen LogP contribution in [0.1, 0.15) is 11.3 Å². The van der Waals surface area contributed by atoms with Crippen molar-refractivity contribution in [1.29, 1.82) is 0 Å². The summed E-state index contributed by atoms with van der Waals surface area (Å²) in [6, 6.07) is 18.1. The van der Waals surface area contributed by atoms with Gasteiger partial charge in [-0.1, -0.05) is 47.6 Å². The number of fused-ring (bicyclic) bond motifs is 1. The van der Waals surface area contributed by atoms with Gasteiger partial charge in [-0.15, -0.1) is 0 Å². The number of nitrogens with zero attached hydrogens (tertiary/aromatic N) is 3. The van der Waals surface area contributed by atoms with Crippen LogP contribution in [-0.4, -0.2) is 26.2 Å². The minimum absolute atomic E-state index is 0.108. The molecule has 156 valence electrons. The predicted molar refractivity (Wildman–Crippen MR) is 124 cm³/mol. The molecule has 31 heavy (non-hydrogen) atoms. The molecule has 0 saturated carbocycles. The maximum absolute atomic E-state index is 13.3. The number of rotatable bonds is 6. The van der Waals surface area contributed by atoms with Gasteiger partial charge < -0.3 is 5.32 Å². The fraction of sp³-hybridized carbons (Fsp3) is 0.130. The van der Waals surface area contributed by atoms with Crippen molar-refractivity contribution < 1.29 is 4.79 Å². The summed E-state index contributed by atoms with van der Waals surface area (Å²) in [5.41, 5.74) is 2.57.